The van der Waals surface area contributed by atoms with Crippen molar-refractivity contribution in [3.05, 3.63) is 71.8 Å². The molecule has 8 heteroatoms. The van der Waals surface area contributed by atoms with Gasteiger partial charge in [0.2, 0.25) is 0 Å². The van der Waals surface area contributed by atoms with E-state index in [1.165, 1.54) is 0 Å². The van der Waals surface area contributed by atoms with E-state index in [9.17, 15) is 9.59 Å². The fourth-order valence-electron chi connectivity index (χ4n) is 4.17. The van der Waals surface area contributed by atoms with E-state index in [-0.39, 0.29) is 23.9 Å². The van der Waals surface area contributed by atoms with E-state index in [4.69, 9.17) is 18.9 Å². The van der Waals surface area contributed by atoms with Crippen molar-refractivity contribution in [2.75, 3.05) is 26.4 Å². The quantitative estimate of drug-likeness (QED) is 0.656. The van der Waals surface area contributed by atoms with E-state index in [0.29, 0.717) is 44.0 Å². The number of hydrogen-bond donors (Lipinski definition) is 2. The van der Waals surface area contributed by atoms with Gasteiger partial charge in [0, 0.05) is 30.8 Å². The van der Waals surface area contributed by atoms with Gasteiger partial charge < -0.3 is 29.6 Å². The summed E-state index contributed by atoms with van der Waals surface area (Å²) in [6.07, 6.45) is 2.63. The third-order valence-electron chi connectivity index (χ3n) is 6.10. The first-order chi connectivity index (χ1) is 17.2. The van der Waals surface area contributed by atoms with E-state index < -0.39 is 12.6 Å². The molecule has 0 aromatic heterocycles. The zero-order valence-electron chi connectivity index (χ0n) is 19.9. The minimum atomic E-state index is -0.492. The lowest BCUT2D eigenvalue weighted by atomic mass is 10.1. The zero-order chi connectivity index (χ0) is 24.3. The Bertz CT molecular complexity index is 850. The first-order valence-electron chi connectivity index (χ1n) is 12.4. The van der Waals surface area contributed by atoms with Crippen LogP contribution in [0.4, 0.5) is 0 Å². The standard InChI is InChI=1S/C27H34N2O6/c30-26(20-9-3-1-4-10-20)28-22-13-7-15-32-24(34-18-22)17-25-33-16-8-14-23(19-35-25)29-27(31)21-11-5-2-6-12-21/h1-6,9-12,22-25H,7-8,13-19H2,(H,28,30)(H,29,31)/t22-,23+,24+,25-. The summed E-state index contributed by atoms with van der Waals surface area (Å²) in [5.74, 6) is -0.208. The predicted molar refractivity (Wildman–Crippen MR) is 130 cm³/mol. The number of carbonyl (C=O) groups is 2. The molecular weight excluding hydrogens is 448 g/mol. The molecule has 2 aromatic rings. The van der Waals surface area contributed by atoms with Gasteiger partial charge in [-0.15, -0.1) is 0 Å². The highest BCUT2D eigenvalue weighted by Crippen LogP contribution is 2.18. The number of rotatable bonds is 6. The van der Waals surface area contributed by atoms with Crippen LogP contribution in [0.1, 0.15) is 52.8 Å². The first kappa shape index (κ1) is 25.3. The normalized spacial score (nSPS) is 25.8. The van der Waals surface area contributed by atoms with Crippen molar-refractivity contribution < 1.29 is 28.5 Å². The maximum atomic E-state index is 12.5. The topological polar surface area (TPSA) is 95.1 Å². The highest BCUT2D eigenvalue weighted by atomic mass is 16.7. The average molecular weight is 483 g/mol. The van der Waals surface area contributed by atoms with Gasteiger partial charge in [0.1, 0.15) is 0 Å². The maximum Gasteiger partial charge on any atom is 0.251 e. The summed E-state index contributed by atoms with van der Waals surface area (Å²) in [6, 6.07) is 18.2. The molecule has 188 valence electrons. The average Bonchev–Trinajstić information content (AvgIpc) is 2.87. The summed E-state index contributed by atoms with van der Waals surface area (Å²) in [6.45, 7) is 1.77. The van der Waals surface area contributed by atoms with Crippen molar-refractivity contribution in [3.8, 4) is 0 Å². The summed E-state index contributed by atoms with van der Waals surface area (Å²) in [4.78, 5) is 25.0. The number of ether oxygens (including phenoxy) is 4. The Hall–Kier alpha value is -2.78. The van der Waals surface area contributed by atoms with Crippen LogP contribution in [0.3, 0.4) is 0 Å². The van der Waals surface area contributed by atoms with Crippen molar-refractivity contribution in [1.82, 2.24) is 10.6 Å². The highest BCUT2D eigenvalue weighted by molar-refractivity contribution is 5.94. The van der Waals surface area contributed by atoms with Crippen LogP contribution >= 0.6 is 0 Å². The predicted octanol–water partition coefficient (Wildman–Crippen LogP) is 3.28. The van der Waals surface area contributed by atoms with E-state index in [2.05, 4.69) is 10.6 Å². The Morgan fingerprint density at radius 3 is 1.51 bits per heavy atom. The number of hydrogen-bond acceptors (Lipinski definition) is 6. The van der Waals surface area contributed by atoms with Crippen LogP contribution in [0.15, 0.2) is 60.7 Å². The van der Waals surface area contributed by atoms with Crippen LogP contribution in [-0.2, 0) is 18.9 Å². The zero-order valence-corrected chi connectivity index (χ0v) is 19.9. The molecule has 2 fully saturated rings. The molecule has 35 heavy (non-hydrogen) atoms. The van der Waals surface area contributed by atoms with Crippen LogP contribution in [-0.4, -0.2) is 62.9 Å². The summed E-state index contributed by atoms with van der Waals surface area (Å²) in [7, 11) is 0. The second kappa shape index (κ2) is 13.3. The van der Waals surface area contributed by atoms with Gasteiger partial charge in [-0.25, -0.2) is 0 Å². The molecule has 0 saturated carbocycles. The van der Waals surface area contributed by atoms with Crippen molar-refractivity contribution in [2.45, 2.75) is 56.8 Å². The van der Waals surface area contributed by atoms with Gasteiger partial charge in [-0.1, -0.05) is 36.4 Å². The van der Waals surface area contributed by atoms with E-state index in [0.717, 1.165) is 25.7 Å². The maximum absolute atomic E-state index is 12.5. The van der Waals surface area contributed by atoms with Crippen molar-refractivity contribution in [3.63, 3.8) is 0 Å². The minimum Gasteiger partial charge on any atom is -0.352 e. The molecule has 2 aromatic carbocycles. The summed E-state index contributed by atoms with van der Waals surface area (Å²) >= 11 is 0. The highest BCUT2D eigenvalue weighted by Gasteiger charge is 2.26. The third-order valence-corrected chi connectivity index (χ3v) is 6.10. The number of amides is 2. The van der Waals surface area contributed by atoms with Crippen LogP contribution in [0.5, 0.6) is 0 Å². The largest absolute Gasteiger partial charge is 0.352 e. The lowest BCUT2D eigenvalue weighted by Gasteiger charge is -2.31. The molecule has 0 bridgehead atoms. The third kappa shape index (κ3) is 8.14. The van der Waals surface area contributed by atoms with E-state index >= 15 is 0 Å². The molecule has 2 heterocycles. The van der Waals surface area contributed by atoms with Gasteiger partial charge in [-0.05, 0) is 49.9 Å². The first-order valence-corrected chi connectivity index (χ1v) is 12.4. The van der Waals surface area contributed by atoms with Gasteiger partial charge in [0.15, 0.2) is 12.6 Å². The second-order valence-corrected chi connectivity index (χ2v) is 8.86. The monoisotopic (exact) mass is 482 g/mol. The molecule has 2 saturated heterocycles. The number of benzene rings is 2. The second-order valence-electron chi connectivity index (χ2n) is 8.86. The van der Waals surface area contributed by atoms with Gasteiger partial charge in [0.25, 0.3) is 11.8 Å². The molecular formula is C27H34N2O6. The van der Waals surface area contributed by atoms with Gasteiger partial charge >= 0.3 is 0 Å². The van der Waals surface area contributed by atoms with Gasteiger partial charge in [0.05, 0.1) is 25.3 Å². The SMILES string of the molecule is O=C(N[C@@H]1CCCO[C@H](C[C@@H]2OCCC[C@H](NC(=O)c3ccccc3)CO2)OC1)c1ccccc1. The lowest BCUT2D eigenvalue weighted by Crippen LogP contribution is -2.43. The molecule has 2 amide bonds. The summed E-state index contributed by atoms with van der Waals surface area (Å²) in [5.41, 5.74) is 1.26. The van der Waals surface area contributed by atoms with Crippen molar-refractivity contribution >= 4 is 11.8 Å². The van der Waals surface area contributed by atoms with Gasteiger partial charge in [-0.3, -0.25) is 9.59 Å². The fraction of sp³-hybridized carbons (Fsp3) is 0.481. The van der Waals surface area contributed by atoms with E-state index in [1.807, 2.05) is 36.4 Å². The van der Waals surface area contributed by atoms with Crippen LogP contribution < -0.4 is 10.6 Å². The van der Waals surface area contributed by atoms with Crippen molar-refractivity contribution in [2.24, 2.45) is 0 Å². The molecule has 0 unspecified atom stereocenters. The molecule has 0 radical (unpaired) electrons. The molecule has 2 N–H and O–H groups in total. The Morgan fingerprint density at radius 1 is 0.657 bits per heavy atom. The minimum absolute atomic E-state index is 0.0918. The Labute approximate surface area is 206 Å². The smallest absolute Gasteiger partial charge is 0.251 e. The van der Waals surface area contributed by atoms with Crippen LogP contribution in [0.25, 0.3) is 0 Å². The summed E-state index contributed by atoms with van der Waals surface area (Å²) in [5, 5.41) is 6.12. The Balaban J connectivity index is 1.24. The number of carbonyl (C=O) groups excluding carboxylic acids is 2. The summed E-state index contributed by atoms with van der Waals surface area (Å²) < 4.78 is 23.7. The molecule has 4 atom stereocenters. The molecule has 2 aliphatic heterocycles. The fourth-order valence-corrected chi connectivity index (χ4v) is 4.17. The Morgan fingerprint density at radius 2 is 1.09 bits per heavy atom. The van der Waals surface area contributed by atoms with Gasteiger partial charge in [-0.2, -0.15) is 0 Å². The molecule has 0 spiro atoms. The van der Waals surface area contributed by atoms with Crippen LogP contribution in [0, 0.1) is 0 Å². The van der Waals surface area contributed by atoms with Crippen LogP contribution in [0.2, 0.25) is 0 Å². The molecule has 8 nitrogen and oxygen atoms in total. The Kier molecular flexibility index (Phi) is 9.65. The molecule has 2 aliphatic rings. The lowest BCUT2D eigenvalue weighted by molar-refractivity contribution is -0.223. The molecule has 4 rings (SSSR count). The molecule has 0 aliphatic carbocycles. The number of nitrogens with one attached hydrogen (secondary N) is 2. The van der Waals surface area contributed by atoms with E-state index in [1.54, 1.807) is 24.3 Å². The van der Waals surface area contributed by atoms with Crippen molar-refractivity contribution in [1.29, 1.82) is 0 Å².